The smallest absolute Gasteiger partial charge is 0.276 e. The van der Waals surface area contributed by atoms with Crippen LogP contribution in [0, 0.1) is 0 Å². The summed E-state index contributed by atoms with van der Waals surface area (Å²) >= 11 is 1.58. The first-order valence-corrected chi connectivity index (χ1v) is 9.80. The lowest BCUT2D eigenvalue weighted by Crippen LogP contribution is -2.50. The summed E-state index contributed by atoms with van der Waals surface area (Å²) in [6.07, 6.45) is 1.87. The van der Waals surface area contributed by atoms with Crippen LogP contribution in [0.4, 0.5) is 0 Å². The summed E-state index contributed by atoms with van der Waals surface area (Å²) in [6, 6.07) is 17.7. The van der Waals surface area contributed by atoms with Crippen LogP contribution in [0.1, 0.15) is 31.5 Å². The van der Waals surface area contributed by atoms with Crippen LogP contribution in [0.25, 0.3) is 5.70 Å². The van der Waals surface area contributed by atoms with Gasteiger partial charge in [0.05, 0.1) is 5.36 Å². The molecule has 1 N–H and O–H groups in total. The lowest BCUT2D eigenvalue weighted by molar-refractivity contribution is -0.116. The number of hydrazone groups is 1. The van der Waals surface area contributed by atoms with Crippen molar-refractivity contribution in [3.63, 3.8) is 0 Å². The Bertz CT molecular complexity index is 971. The van der Waals surface area contributed by atoms with Crippen molar-refractivity contribution in [2.45, 2.75) is 25.9 Å². The summed E-state index contributed by atoms with van der Waals surface area (Å²) < 4.78 is 0. The molecule has 26 heavy (non-hydrogen) atoms. The average Bonchev–Trinajstić information content (AvgIpc) is 2.68. The number of carbonyl (C=O) groups excluding carboxylic acids is 1. The van der Waals surface area contributed by atoms with Crippen LogP contribution in [0.2, 0.25) is 0 Å². The summed E-state index contributed by atoms with van der Waals surface area (Å²) in [5, 5.41) is 11.7. The van der Waals surface area contributed by atoms with Crippen LogP contribution in [0.15, 0.2) is 64.7 Å². The van der Waals surface area contributed by atoms with Gasteiger partial charge in [-0.05, 0) is 18.1 Å². The summed E-state index contributed by atoms with van der Waals surface area (Å²) in [5.74, 6) is 0.810. The zero-order chi connectivity index (χ0) is 17.9. The van der Waals surface area contributed by atoms with E-state index in [1.807, 2.05) is 54.6 Å². The number of hydrogen-bond acceptors (Lipinski definition) is 5. The van der Waals surface area contributed by atoms with Crippen LogP contribution >= 0.6 is 11.8 Å². The number of nitrogens with zero attached hydrogens (tertiary/aromatic N) is 3. The number of amides is 1. The molecule has 4 rings (SSSR count). The van der Waals surface area contributed by atoms with Crippen molar-refractivity contribution in [2.75, 3.05) is 5.75 Å². The van der Waals surface area contributed by atoms with E-state index in [1.54, 1.807) is 16.8 Å². The molecule has 6 heteroatoms. The minimum Gasteiger partial charge on any atom is -0.298 e. The Morgan fingerprint density at radius 3 is 2.69 bits per heavy atom. The number of para-hydroxylation sites is 1. The summed E-state index contributed by atoms with van der Waals surface area (Å²) in [4.78, 5) is 17.8. The Morgan fingerprint density at radius 1 is 1.12 bits per heavy atom. The van der Waals surface area contributed by atoms with E-state index < -0.39 is 0 Å². The highest BCUT2D eigenvalue weighted by Gasteiger charge is 2.34. The molecule has 0 fully saturated rings. The predicted molar refractivity (Wildman–Crippen MR) is 105 cm³/mol. The van der Waals surface area contributed by atoms with Gasteiger partial charge in [0, 0.05) is 11.0 Å². The molecule has 0 spiro atoms. The monoisotopic (exact) mass is 364 g/mol. The van der Waals surface area contributed by atoms with Gasteiger partial charge in [0.15, 0.2) is 11.3 Å². The number of fused-ring (bicyclic) bond motifs is 2. The number of amidine groups is 1. The first-order valence-electron chi connectivity index (χ1n) is 8.82. The van der Waals surface area contributed by atoms with Gasteiger partial charge < -0.3 is 0 Å². The second-order valence-corrected chi connectivity index (χ2v) is 7.27. The van der Waals surface area contributed by atoms with Gasteiger partial charge >= 0.3 is 0 Å². The van der Waals surface area contributed by atoms with Crippen molar-refractivity contribution < 1.29 is 4.79 Å². The maximum Gasteiger partial charge on any atom is 0.276 e. The van der Waals surface area contributed by atoms with E-state index in [4.69, 9.17) is 10.1 Å². The van der Waals surface area contributed by atoms with Crippen molar-refractivity contribution >= 4 is 28.5 Å². The van der Waals surface area contributed by atoms with E-state index in [-0.39, 0.29) is 12.1 Å². The Kier molecular flexibility index (Phi) is 4.75. The number of unbranched alkanes of at least 4 members (excludes halogenated alkanes) is 1. The highest BCUT2D eigenvalue weighted by Crippen LogP contribution is 2.30. The Labute approximate surface area is 156 Å². The maximum absolute atomic E-state index is 12.9. The van der Waals surface area contributed by atoms with Gasteiger partial charge in [0.2, 0.25) is 0 Å². The van der Waals surface area contributed by atoms with Crippen molar-refractivity contribution in [3.05, 3.63) is 70.7 Å². The van der Waals surface area contributed by atoms with Crippen LogP contribution in [-0.4, -0.2) is 21.8 Å². The fraction of sp³-hybridized carbons (Fsp3) is 0.250. The van der Waals surface area contributed by atoms with Gasteiger partial charge in [-0.15, -0.1) is 5.10 Å². The molecule has 0 bridgehead atoms. The number of carbonyl (C=O) groups is 1. The zero-order valence-corrected chi connectivity index (χ0v) is 15.4. The molecular formula is C20H20N4OS. The molecule has 0 aromatic heterocycles. The van der Waals surface area contributed by atoms with E-state index >= 15 is 0 Å². The molecule has 2 aromatic rings. The number of benzene rings is 2. The molecule has 0 aliphatic carbocycles. The van der Waals surface area contributed by atoms with Gasteiger partial charge in [-0.25, -0.2) is 5.01 Å². The summed E-state index contributed by atoms with van der Waals surface area (Å²) in [5.41, 5.74) is 1.57. The van der Waals surface area contributed by atoms with Gasteiger partial charge in [-0.2, -0.15) is 0 Å². The number of rotatable bonds is 4. The maximum atomic E-state index is 12.9. The molecular weight excluding hydrogens is 344 g/mol. The minimum absolute atomic E-state index is 0.123. The van der Waals surface area contributed by atoms with Gasteiger partial charge in [0.1, 0.15) is 5.70 Å². The Morgan fingerprint density at radius 2 is 1.88 bits per heavy atom. The van der Waals surface area contributed by atoms with Crippen molar-refractivity contribution in [3.8, 4) is 0 Å². The third-order valence-electron chi connectivity index (χ3n) is 4.35. The standard InChI is InChI=1S/C20H20N4OS/c1-2-3-13-26-20-22-19(25)17-15-11-7-8-12-16(15)21-18(24(17)23-20)14-9-5-4-6-10-14/h4-12,18H,2-3,13H2,1H3,(H,22,23,25). The third kappa shape index (κ3) is 3.12. The minimum atomic E-state index is -0.339. The normalized spacial score (nSPS) is 18.4. The van der Waals surface area contributed by atoms with E-state index in [0.717, 1.165) is 34.7 Å². The molecule has 2 heterocycles. The molecule has 0 saturated heterocycles. The topological polar surface area (TPSA) is 57.1 Å². The first-order chi connectivity index (χ1) is 12.8. The van der Waals surface area contributed by atoms with E-state index in [9.17, 15) is 4.79 Å². The second-order valence-electron chi connectivity index (χ2n) is 6.19. The van der Waals surface area contributed by atoms with Crippen molar-refractivity contribution in [2.24, 2.45) is 10.1 Å². The summed E-state index contributed by atoms with van der Waals surface area (Å²) in [7, 11) is 0. The van der Waals surface area contributed by atoms with Crippen LogP contribution in [0.3, 0.4) is 0 Å². The quantitative estimate of drug-likeness (QED) is 0.848. The highest BCUT2D eigenvalue weighted by molar-refractivity contribution is 8.13. The zero-order valence-electron chi connectivity index (χ0n) is 14.6. The number of hydrogen-bond donors (Lipinski definition) is 1. The lowest BCUT2D eigenvalue weighted by Gasteiger charge is -2.34. The lowest BCUT2D eigenvalue weighted by atomic mass is 10.1. The molecule has 5 nitrogen and oxygen atoms in total. The average molecular weight is 364 g/mol. The number of thioether (sulfide) groups is 1. The molecule has 0 saturated carbocycles. The fourth-order valence-electron chi connectivity index (χ4n) is 3.05. The van der Waals surface area contributed by atoms with Crippen LogP contribution in [0.5, 0.6) is 0 Å². The van der Waals surface area contributed by atoms with Gasteiger partial charge in [0.25, 0.3) is 5.91 Å². The molecule has 1 amide bonds. The third-order valence-corrected chi connectivity index (χ3v) is 5.30. The predicted octanol–water partition coefficient (Wildman–Crippen LogP) is 2.36. The fourth-order valence-corrected chi connectivity index (χ4v) is 3.98. The van der Waals surface area contributed by atoms with Gasteiger partial charge in [-0.1, -0.05) is 73.6 Å². The van der Waals surface area contributed by atoms with Crippen molar-refractivity contribution in [1.29, 1.82) is 0 Å². The largest absolute Gasteiger partial charge is 0.298 e. The van der Waals surface area contributed by atoms with E-state index in [2.05, 4.69) is 12.2 Å². The van der Waals surface area contributed by atoms with E-state index in [1.165, 1.54) is 0 Å². The van der Waals surface area contributed by atoms with Crippen LogP contribution < -0.4 is 15.9 Å². The second kappa shape index (κ2) is 7.33. The Hall–Kier alpha value is -2.60. The molecule has 1 atom stereocenters. The summed E-state index contributed by atoms with van der Waals surface area (Å²) in [6.45, 7) is 2.15. The Balaban J connectivity index is 1.83. The SMILES string of the molecule is CCCCSC1=NN2C(=c3ccccc3=NC2c2ccccc2)C(=O)N1. The first kappa shape index (κ1) is 16.8. The highest BCUT2D eigenvalue weighted by atomic mass is 32.2. The van der Waals surface area contributed by atoms with Gasteiger partial charge in [-0.3, -0.25) is 15.1 Å². The molecule has 132 valence electrons. The molecule has 2 aromatic carbocycles. The molecule has 2 aliphatic heterocycles. The number of nitrogens with one attached hydrogen (secondary N) is 1. The molecule has 1 unspecified atom stereocenters. The van der Waals surface area contributed by atoms with Crippen LogP contribution in [-0.2, 0) is 4.79 Å². The van der Waals surface area contributed by atoms with E-state index in [0.29, 0.717) is 10.9 Å². The molecule has 0 radical (unpaired) electrons. The van der Waals surface area contributed by atoms with Crippen molar-refractivity contribution in [1.82, 2.24) is 10.3 Å². The molecule has 2 aliphatic rings.